The zero-order chi connectivity index (χ0) is 18.3. The normalized spacial score (nSPS) is 25.8. The molecule has 0 atom stereocenters. The van der Waals surface area contributed by atoms with Crippen molar-refractivity contribution in [3.8, 4) is 5.75 Å². The quantitative estimate of drug-likeness (QED) is 0.863. The van der Waals surface area contributed by atoms with Gasteiger partial charge in [-0.2, -0.15) is 0 Å². The number of benzene rings is 1. The number of nitrogens with zero attached hydrogens (tertiary/aromatic N) is 1. The molecule has 0 radical (unpaired) electrons. The number of ether oxygens (including phenoxy) is 3. The van der Waals surface area contributed by atoms with Crippen LogP contribution in [0.5, 0.6) is 5.75 Å². The number of hydrogen-bond donors (Lipinski definition) is 1. The molecule has 9 heteroatoms. The number of hydrogen-bond acceptors (Lipinski definition) is 5. The Labute approximate surface area is 154 Å². The molecule has 1 saturated carbocycles. The van der Waals surface area contributed by atoms with E-state index in [1.807, 2.05) is 0 Å². The summed E-state index contributed by atoms with van der Waals surface area (Å²) in [6.45, 7) is 1.53. The number of alkyl carbamates (subject to hydrolysis) is 1. The second-order valence-electron chi connectivity index (χ2n) is 7.07. The van der Waals surface area contributed by atoms with E-state index in [0.717, 1.165) is 0 Å². The summed E-state index contributed by atoms with van der Waals surface area (Å²) in [5, 5.41) is 2.96. The van der Waals surface area contributed by atoms with Gasteiger partial charge in [-0.15, -0.1) is 0 Å². The van der Waals surface area contributed by atoms with Gasteiger partial charge in [0.05, 0.1) is 24.7 Å². The minimum Gasteiger partial charge on any atom is -0.492 e. The number of halogens is 2. The summed E-state index contributed by atoms with van der Waals surface area (Å²) in [7, 11) is 0. The van der Waals surface area contributed by atoms with Crippen molar-refractivity contribution in [2.24, 2.45) is 5.92 Å². The standard InChI is InChI=1S/C17H18ClFN2O5/c18-13-5-11(19)1-2-14(13)24-6-10-3-12(4-10)26-16(23)21-7-17(8-21)9-25-15(22)20-17/h1-2,5,10,12H,3-4,6-9H2,(H,20,22). The molecule has 3 aliphatic rings. The lowest BCUT2D eigenvalue weighted by atomic mass is 9.83. The van der Waals surface area contributed by atoms with Gasteiger partial charge in [0.25, 0.3) is 0 Å². The molecule has 3 fully saturated rings. The Hall–Kier alpha value is -2.22. The van der Waals surface area contributed by atoms with Crippen LogP contribution >= 0.6 is 11.6 Å². The highest BCUT2D eigenvalue weighted by molar-refractivity contribution is 6.32. The summed E-state index contributed by atoms with van der Waals surface area (Å²) < 4.78 is 28.9. The van der Waals surface area contributed by atoms with Crippen LogP contribution in [0.1, 0.15) is 12.8 Å². The molecule has 4 rings (SSSR count). The van der Waals surface area contributed by atoms with Crippen molar-refractivity contribution in [3.63, 3.8) is 0 Å². The number of amides is 2. The van der Waals surface area contributed by atoms with E-state index < -0.39 is 17.4 Å². The molecule has 2 saturated heterocycles. The lowest BCUT2D eigenvalue weighted by Gasteiger charge is -2.46. The predicted octanol–water partition coefficient (Wildman–Crippen LogP) is 2.57. The minimum atomic E-state index is -0.444. The molecule has 26 heavy (non-hydrogen) atoms. The van der Waals surface area contributed by atoms with Gasteiger partial charge in [-0.1, -0.05) is 11.6 Å². The van der Waals surface area contributed by atoms with Crippen LogP contribution in [-0.2, 0) is 9.47 Å². The molecule has 1 aliphatic carbocycles. The van der Waals surface area contributed by atoms with Gasteiger partial charge in [0.1, 0.15) is 29.8 Å². The van der Waals surface area contributed by atoms with Gasteiger partial charge < -0.3 is 24.4 Å². The maximum absolute atomic E-state index is 13.0. The third kappa shape index (κ3) is 3.38. The van der Waals surface area contributed by atoms with Crippen molar-refractivity contribution in [3.05, 3.63) is 29.0 Å². The highest BCUT2D eigenvalue weighted by Gasteiger charge is 2.52. The van der Waals surface area contributed by atoms with E-state index in [2.05, 4.69) is 5.32 Å². The molecule has 1 aromatic carbocycles. The Kier molecular flexibility index (Phi) is 4.30. The van der Waals surface area contributed by atoms with Crippen LogP contribution in [0.2, 0.25) is 5.02 Å². The van der Waals surface area contributed by atoms with E-state index in [9.17, 15) is 14.0 Å². The van der Waals surface area contributed by atoms with E-state index >= 15 is 0 Å². The van der Waals surface area contributed by atoms with Gasteiger partial charge in [-0.05, 0) is 37.0 Å². The second-order valence-corrected chi connectivity index (χ2v) is 7.47. The van der Waals surface area contributed by atoms with Crippen molar-refractivity contribution in [2.75, 3.05) is 26.3 Å². The lowest BCUT2D eigenvalue weighted by molar-refractivity contribution is -0.0358. The van der Waals surface area contributed by atoms with Crippen LogP contribution < -0.4 is 10.1 Å². The summed E-state index contributed by atoms with van der Waals surface area (Å²) in [4.78, 5) is 24.7. The van der Waals surface area contributed by atoms with Crippen LogP contribution in [0.15, 0.2) is 18.2 Å². The smallest absolute Gasteiger partial charge is 0.410 e. The average Bonchev–Trinajstić information content (AvgIpc) is 2.91. The first-order valence-electron chi connectivity index (χ1n) is 8.41. The van der Waals surface area contributed by atoms with Crippen LogP contribution in [0, 0.1) is 11.7 Å². The van der Waals surface area contributed by atoms with Gasteiger partial charge in [0.15, 0.2) is 0 Å². The Balaban J connectivity index is 1.15. The van der Waals surface area contributed by atoms with E-state index in [0.29, 0.717) is 38.3 Å². The molecular weight excluding hydrogens is 367 g/mol. The number of likely N-dealkylation sites (tertiary alicyclic amines) is 1. The fourth-order valence-electron chi connectivity index (χ4n) is 3.40. The van der Waals surface area contributed by atoms with E-state index in [-0.39, 0.29) is 29.7 Å². The number of rotatable bonds is 4. The van der Waals surface area contributed by atoms with Crippen molar-refractivity contribution >= 4 is 23.8 Å². The highest BCUT2D eigenvalue weighted by atomic mass is 35.5. The maximum atomic E-state index is 13.0. The van der Waals surface area contributed by atoms with Crippen LogP contribution in [0.3, 0.4) is 0 Å². The van der Waals surface area contributed by atoms with Gasteiger partial charge in [0.2, 0.25) is 0 Å². The fourth-order valence-corrected chi connectivity index (χ4v) is 3.62. The van der Waals surface area contributed by atoms with E-state index in [1.54, 1.807) is 4.90 Å². The van der Waals surface area contributed by atoms with Crippen LogP contribution in [0.4, 0.5) is 14.0 Å². The van der Waals surface area contributed by atoms with Crippen LogP contribution in [-0.4, -0.2) is 55.0 Å². The second kappa shape index (κ2) is 6.50. The Morgan fingerprint density at radius 1 is 1.42 bits per heavy atom. The maximum Gasteiger partial charge on any atom is 0.410 e. The first kappa shape index (κ1) is 17.2. The molecule has 140 valence electrons. The minimum absolute atomic E-state index is 0.134. The predicted molar refractivity (Wildman–Crippen MR) is 88.7 cm³/mol. The monoisotopic (exact) mass is 384 g/mol. The summed E-state index contributed by atoms with van der Waals surface area (Å²) in [5.41, 5.74) is -0.444. The van der Waals surface area contributed by atoms with Gasteiger partial charge in [0, 0.05) is 0 Å². The Morgan fingerprint density at radius 3 is 2.85 bits per heavy atom. The van der Waals surface area contributed by atoms with Crippen molar-refractivity contribution < 1.29 is 28.2 Å². The van der Waals surface area contributed by atoms with Gasteiger partial charge in [-0.3, -0.25) is 0 Å². The Morgan fingerprint density at radius 2 is 2.19 bits per heavy atom. The SMILES string of the molecule is O=C1NC2(CO1)CN(C(=O)OC1CC(COc3ccc(F)cc3Cl)C1)C2. The number of carbonyl (C=O) groups excluding carboxylic acids is 2. The molecule has 1 N–H and O–H groups in total. The highest BCUT2D eigenvalue weighted by Crippen LogP contribution is 2.34. The summed E-state index contributed by atoms with van der Waals surface area (Å²) >= 11 is 5.91. The van der Waals surface area contributed by atoms with Crippen molar-refractivity contribution in [1.29, 1.82) is 0 Å². The van der Waals surface area contributed by atoms with Gasteiger partial charge >= 0.3 is 12.2 Å². The molecule has 2 aliphatic heterocycles. The molecule has 1 aromatic rings. The molecule has 1 spiro atoms. The average molecular weight is 385 g/mol. The fraction of sp³-hybridized carbons (Fsp3) is 0.529. The topological polar surface area (TPSA) is 77.1 Å². The summed E-state index contributed by atoms with van der Waals surface area (Å²) in [6, 6.07) is 4.00. The lowest BCUT2D eigenvalue weighted by Crippen LogP contribution is -2.70. The molecule has 0 unspecified atom stereocenters. The largest absolute Gasteiger partial charge is 0.492 e. The molecule has 7 nitrogen and oxygen atoms in total. The number of cyclic esters (lactones) is 1. The molecule has 2 heterocycles. The summed E-state index contributed by atoms with van der Waals surface area (Å²) in [6.07, 6.45) is 0.474. The van der Waals surface area contributed by atoms with E-state index in [1.165, 1.54) is 18.2 Å². The van der Waals surface area contributed by atoms with Gasteiger partial charge in [-0.25, -0.2) is 14.0 Å². The zero-order valence-electron chi connectivity index (χ0n) is 13.9. The number of nitrogens with one attached hydrogen (secondary N) is 1. The first-order chi connectivity index (χ1) is 12.4. The van der Waals surface area contributed by atoms with E-state index in [4.69, 9.17) is 25.8 Å². The molecule has 0 bridgehead atoms. The molecule has 0 aromatic heterocycles. The summed E-state index contributed by atoms with van der Waals surface area (Å²) in [5.74, 6) is 0.300. The third-order valence-electron chi connectivity index (χ3n) is 4.92. The van der Waals surface area contributed by atoms with Crippen LogP contribution in [0.25, 0.3) is 0 Å². The van der Waals surface area contributed by atoms with Crippen molar-refractivity contribution in [1.82, 2.24) is 10.2 Å². The zero-order valence-corrected chi connectivity index (χ0v) is 14.6. The Bertz CT molecular complexity index is 734. The third-order valence-corrected chi connectivity index (χ3v) is 5.22. The molecule has 2 amide bonds. The molecular formula is C17H18ClFN2O5. The van der Waals surface area contributed by atoms with Crippen molar-refractivity contribution in [2.45, 2.75) is 24.5 Å². The number of carbonyl (C=O) groups is 2. The first-order valence-corrected chi connectivity index (χ1v) is 8.79.